The lowest BCUT2D eigenvalue weighted by Crippen LogP contribution is -2.52. The third-order valence-electron chi connectivity index (χ3n) is 2.09. The predicted molar refractivity (Wildman–Crippen MR) is 53.9 cm³/mol. The van der Waals surface area contributed by atoms with Crippen molar-refractivity contribution in [3.8, 4) is 11.5 Å². The Bertz CT molecular complexity index is 433. The Labute approximate surface area is 91.4 Å². The Hall–Kier alpha value is -1.79. The van der Waals surface area contributed by atoms with Crippen LogP contribution in [0.2, 0.25) is 0 Å². The molecule has 0 fully saturated rings. The van der Waals surface area contributed by atoms with Crippen LogP contribution in [0.3, 0.4) is 0 Å². The number of aliphatic hydroxyl groups is 1. The molecule has 1 aliphatic rings. The maximum absolute atomic E-state index is 11.5. The summed E-state index contributed by atoms with van der Waals surface area (Å²) in [6, 6.07) is 4.14. The van der Waals surface area contributed by atoms with Crippen molar-refractivity contribution in [2.24, 2.45) is 0 Å². The first-order valence-corrected chi connectivity index (χ1v) is 4.75. The molecule has 1 aromatic rings. The molecule has 0 spiro atoms. The average molecular weight is 225 g/mol. The third-order valence-corrected chi connectivity index (χ3v) is 2.09. The number of carbonyl (C=O) groups excluding carboxylic acids is 1. The van der Waals surface area contributed by atoms with Crippen LogP contribution in [-0.2, 0) is 9.53 Å². The zero-order chi connectivity index (χ0) is 11.8. The summed E-state index contributed by atoms with van der Waals surface area (Å²) in [7, 11) is 0. The minimum Gasteiger partial charge on any atom is -0.508 e. The number of phenolic OH excluding ortho intramolecular Hbond substituents is 1. The third kappa shape index (κ3) is 1.68. The molecule has 16 heavy (non-hydrogen) atoms. The smallest absolute Gasteiger partial charge is 0.410 e. The number of anilines is 1. The molecule has 86 valence electrons. The fraction of sp³-hybridized carbons (Fsp3) is 0.300. The van der Waals surface area contributed by atoms with E-state index in [9.17, 15) is 15.0 Å². The number of benzene rings is 1. The molecule has 0 aliphatic carbocycles. The molecule has 6 nitrogen and oxygen atoms in total. The number of rotatable bonds is 2. The number of aromatic hydroxyl groups is 1. The molecule has 0 saturated carbocycles. The first-order valence-electron chi connectivity index (χ1n) is 4.75. The van der Waals surface area contributed by atoms with Crippen LogP contribution in [0.15, 0.2) is 18.2 Å². The van der Waals surface area contributed by atoms with Crippen molar-refractivity contribution in [1.29, 1.82) is 0 Å². The van der Waals surface area contributed by atoms with Gasteiger partial charge >= 0.3 is 11.9 Å². The van der Waals surface area contributed by atoms with E-state index < -0.39 is 11.9 Å². The van der Waals surface area contributed by atoms with Gasteiger partial charge in [-0.3, -0.25) is 4.79 Å². The molecular formula is C10H11NO5. The Balaban J connectivity index is 2.36. The molecule has 2 rings (SSSR count). The monoisotopic (exact) mass is 225 g/mol. The summed E-state index contributed by atoms with van der Waals surface area (Å²) < 4.78 is 9.83. The summed E-state index contributed by atoms with van der Waals surface area (Å²) in [6.45, 7) is 1.73. The highest BCUT2D eigenvalue weighted by atomic mass is 16.8. The minimum absolute atomic E-state index is 0.0336. The Morgan fingerprint density at radius 2 is 2.31 bits per heavy atom. The average Bonchev–Trinajstić information content (AvgIpc) is 2.21. The summed E-state index contributed by atoms with van der Waals surface area (Å²) in [5.74, 6) is -3.02. The lowest BCUT2D eigenvalue weighted by molar-refractivity contribution is -0.294. The Morgan fingerprint density at radius 3 is 3.00 bits per heavy atom. The number of amides is 1. The molecule has 1 aromatic carbocycles. The maximum Gasteiger partial charge on any atom is 0.410 e. The van der Waals surface area contributed by atoms with E-state index in [0.29, 0.717) is 5.69 Å². The molecule has 1 unspecified atom stereocenters. The van der Waals surface area contributed by atoms with Gasteiger partial charge in [0, 0.05) is 6.07 Å². The first kappa shape index (κ1) is 10.7. The molecule has 0 aromatic heterocycles. The van der Waals surface area contributed by atoms with Crippen molar-refractivity contribution in [1.82, 2.24) is 0 Å². The van der Waals surface area contributed by atoms with Gasteiger partial charge in [-0.2, -0.15) is 0 Å². The highest BCUT2D eigenvalue weighted by Gasteiger charge is 2.44. The fourth-order valence-corrected chi connectivity index (χ4v) is 1.39. The highest BCUT2D eigenvalue weighted by Crippen LogP contribution is 2.35. The van der Waals surface area contributed by atoms with E-state index in [4.69, 9.17) is 9.47 Å². The van der Waals surface area contributed by atoms with Gasteiger partial charge in [0.15, 0.2) is 5.75 Å². The highest BCUT2D eigenvalue weighted by molar-refractivity contribution is 5.98. The molecule has 1 atom stereocenters. The molecule has 0 bridgehead atoms. The van der Waals surface area contributed by atoms with Gasteiger partial charge in [-0.1, -0.05) is 0 Å². The van der Waals surface area contributed by atoms with Crippen LogP contribution in [0.5, 0.6) is 11.5 Å². The fourth-order valence-electron chi connectivity index (χ4n) is 1.39. The van der Waals surface area contributed by atoms with E-state index >= 15 is 0 Å². The standard InChI is InChI=1S/C10H11NO5/c1-2-15-10(14)9(13)11-7-4-3-6(12)5-8(7)16-10/h3-5,12,14H,2H2,1H3,(H,11,13). The van der Waals surface area contributed by atoms with E-state index in [1.54, 1.807) is 6.92 Å². The topological polar surface area (TPSA) is 88.0 Å². The van der Waals surface area contributed by atoms with E-state index in [1.807, 2.05) is 0 Å². The number of fused-ring (bicyclic) bond motifs is 1. The lowest BCUT2D eigenvalue weighted by atomic mass is 10.2. The van der Waals surface area contributed by atoms with Gasteiger partial charge in [-0.15, -0.1) is 0 Å². The quantitative estimate of drug-likeness (QED) is 0.501. The van der Waals surface area contributed by atoms with Gasteiger partial charge in [-0.25, -0.2) is 0 Å². The second-order valence-corrected chi connectivity index (χ2v) is 3.25. The van der Waals surface area contributed by atoms with E-state index in [-0.39, 0.29) is 18.1 Å². The second-order valence-electron chi connectivity index (χ2n) is 3.25. The maximum atomic E-state index is 11.5. The lowest BCUT2D eigenvalue weighted by Gasteiger charge is -2.31. The number of hydrogen-bond donors (Lipinski definition) is 3. The van der Waals surface area contributed by atoms with Crippen LogP contribution < -0.4 is 10.1 Å². The summed E-state index contributed by atoms with van der Waals surface area (Å²) in [5, 5.41) is 21.4. The van der Waals surface area contributed by atoms with Crippen LogP contribution in [0.25, 0.3) is 0 Å². The van der Waals surface area contributed by atoms with Crippen molar-refractivity contribution in [3.63, 3.8) is 0 Å². The molecule has 6 heteroatoms. The van der Waals surface area contributed by atoms with Crippen LogP contribution in [0.1, 0.15) is 6.92 Å². The molecular weight excluding hydrogens is 214 g/mol. The number of hydrogen-bond acceptors (Lipinski definition) is 5. The van der Waals surface area contributed by atoms with E-state index in [2.05, 4.69) is 5.32 Å². The van der Waals surface area contributed by atoms with Gasteiger partial charge in [-0.05, 0) is 19.1 Å². The Kier molecular flexibility index (Phi) is 2.45. The molecule has 1 amide bonds. The molecule has 3 N–H and O–H groups in total. The summed E-state index contributed by atoms with van der Waals surface area (Å²) >= 11 is 0. The molecule has 0 saturated heterocycles. The Morgan fingerprint density at radius 1 is 1.56 bits per heavy atom. The van der Waals surface area contributed by atoms with Gasteiger partial charge in [0.2, 0.25) is 0 Å². The van der Waals surface area contributed by atoms with Crippen LogP contribution in [0, 0.1) is 0 Å². The summed E-state index contributed by atoms with van der Waals surface area (Å²) in [6.07, 6.45) is 0. The van der Waals surface area contributed by atoms with Crippen molar-refractivity contribution in [3.05, 3.63) is 18.2 Å². The first-order chi connectivity index (χ1) is 7.55. The minimum atomic E-state index is -2.34. The number of nitrogens with one attached hydrogen (secondary N) is 1. The van der Waals surface area contributed by atoms with Gasteiger partial charge in [0.25, 0.3) is 0 Å². The van der Waals surface area contributed by atoms with Crippen LogP contribution in [0.4, 0.5) is 5.69 Å². The zero-order valence-electron chi connectivity index (χ0n) is 8.56. The SMILES string of the molecule is CCOC1(O)Oc2cc(O)ccc2NC1=O. The van der Waals surface area contributed by atoms with Crippen molar-refractivity contribution in [2.45, 2.75) is 12.9 Å². The number of ether oxygens (including phenoxy) is 2. The normalized spacial score (nSPS) is 23.2. The van der Waals surface area contributed by atoms with Gasteiger partial charge in [0.05, 0.1) is 12.3 Å². The van der Waals surface area contributed by atoms with Gasteiger partial charge in [0.1, 0.15) is 5.75 Å². The van der Waals surface area contributed by atoms with E-state index in [1.165, 1.54) is 18.2 Å². The summed E-state index contributed by atoms with van der Waals surface area (Å²) in [5.41, 5.74) is 0.368. The van der Waals surface area contributed by atoms with Crippen molar-refractivity contribution >= 4 is 11.6 Å². The van der Waals surface area contributed by atoms with Crippen molar-refractivity contribution < 1.29 is 24.5 Å². The van der Waals surface area contributed by atoms with E-state index in [0.717, 1.165) is 0 Å². The molecule has 1 heterocycles. The number of phenols is 1. The van der Waals surface area contributed by atoms with Crippen LogP contribution in [-0.4, -0.2) is 28.7 Å². The predicted octanol–water partition coefficient (Wildman–Crippen LogP) is 0.406. The van der Waals surface area contributed by atoms with Crippen LogP contribution >= 0.6 is 0 Å². The van der Waals surface area contributed by atoms with Crippen molar-refractivity contribution in [2.75, 3.05) is 11.9 Å². The molecule has 1 aliphatic heterocycles. The second kappa shape index (κ2) is 3.66. The summed E-state index contributed by atoms with van der Waals surface area (Å²) in [4.78, 5) is 11.5. The zero-order valence-corrected chi connectivity index (χ0v) is 8.56. The van der Waals surface area contributed by atoms with Gasteiger partial charge < -0.3 is 25.0 Å². The largest absolute Gasteiger partial charge is 0.508 e. The number of carbonyl (C=O) groups is 1. The molecule has 0 radical (unpaired) electrons.